The van der Waals surface area contributed by atoms with Gasteiger partial charge in [0.25, 0.3) is 0 Å². The summed E-state index contributed by atoms with van der Waals surface area (Å²) in [4.78, 5) is 13.5. The number of carbonyl (C=O) groups is 1. The van der Waals surface area contributed by atoms with E-state index in [2.05, 4.69) is 18.7 Å². The third-order valence-corrected chi connectivity index (χ3v) is 5.00. The molecule has 0 aromatic heterocycles. The predicted octanol–water partition coefficient (Wildman–Crippen LogP) is 4.19. The third kappa shape index (κ3) is 5.66. The number of hydrogen-bond donors (Lipinski definition) is 0. The second kappa shape index (κ2) is 9.85. The molecule has 1 aliphatic rings. The molecule has 0 N–H and O–H groups in total. The first kappa shape index (κ1) is 22.0. The van der Waals surface area contributed by atoms with Crippen molar-refractivity contribution < 1.29 is 23.7 Å². The molecule has 1 unspecified atom stereocenters. The van der Waals surface area contributed by atoms with Crippen LogP contribution in [0, 0.1) is 6.92 Å². The quantitative estimate of drug-likeness (QED) is 0.478. The summed E-state index contributed by atoms with van der Waals surface area (Å²) in [6.45, 7) is 10.1. The summed E-state index contributed by atoms with van der Waals surface area (Å²) < 4.78 is 23.2. The number of para-hydroxylation sites is 2. The first-order valence-electron chi connectivity index (χ1n) is 10.4. The van der Waals surface area contributed by atoms with Crippen LogP contribution in [-0.2, 0) is 4.79 Å². The van der Waals surface area contributed by atoms with Gasteiger partial charge in [-0.3, -0.25) is 9.69 Å². The third-order valence-electron chi connectivity index (χ3n) is 5.00. The van der Waals surface area contributed by atoms with Crippen molar-refractivity contribution in [2.24, 2.45) is 0 Å². The minimum atomic E-state index is -0.320. The maximum absolute atomic E-state index is 11.3. The van der Waals surface area contributed by atoms with Gasteiger partial charge in [-0.1, -0.05) is 26.0 Å². The van der Waals surface area contributed by atoms with E-state index in [0.29, 0.717) is 19.0 Å². The molecule has 0 fully saturated rings. The average Bonchev–Trinajstić information content (AvgIpc) is 2.69. The van der Waals surface area contributed by atoms with E-state index >= 15 is 0 Å². The van der Waals surface area contributed by atoms with Crippen molar-refractivity contribution in [1.29, 1.82) is 0 Å². The number of fused-ring (bicyclic) bond motifs is 1. The Balaban J connectivity index is 1.54. The molecular formula is C24H31NO5. The van der Waals surface area contributed by atoms with Gasteiger partial charge in [-0.05, 0) is 49.7 Å². The van der Waals surface area contributed by atoms with Crippen LogP contribution in [0.1, 0.15) is 37.8 Å². The minimum Gasteiger partial charge on any atom is -0.492 e. The number of ether oxygens (including phenoxy) is 4. The van der Waals surface area contributed by atoms with E-state index < -0.39 is 0 Å². The van der Waals surface area contributed by atoms with Gasteiger partial charge in [-0.2, -0.15) is 0 Å². The normalized spacial score (nSPS) is 15.4. The zero-order valence-electron chi connectivity index (χ0n) is 18.4. The molecule has 30 heavy (non-hydrogen) atoms. The zero-order valence-corrected chi connectivity index (χ0v) is 18.4. The highest BCUT2D eigenvalue weighted by atomic mass is 16.6. The van der Waals surface area contributed by atoms with Crippen molar-refractivity contribution in [2.75, 3.05) is 33.4 Å². The van der Waals surface area contributed by atoms with Crippen LogP contribution >= 0.6 is 0 Å². The number of aryl methyl sites for hydroxylation is 1. The van der Waals surface area contributed by atoms with Gasteiger partial charge in [0.05, 0.1) is 0 Å². The summed E-state index contributed by atoms with van der Waals surface area (Å²) in [6.07, 6.45) is -0.0126. The van der Waals surface area contributed by atoms with Crippen molar-refractivity contribution in [3.63, 3.8) is 0 Å². The number of benzene rings is 2. The van der Waals surface area contributed by atoms with Crippen LogP contribution in [0.3, 0.4) is 0 Å². The molecule has 0 spiro atoms. The minimum absolute atomic E-state index is 0.0126. The highest BCUT2D eigenvalue weighted by Gasteiger charge is 2.22. The van der Waals surface area contributed by atoms with E-state index in [1.54, 1.807) is 0 Å². The molecule has 0 aliphatic carbocycles. The lowest BCUT2D eigenvalue weighted by atomic mass is 10.00. The van der Waals surface area contributed by atoms with Crippen LogP contribution in [0.15, 0.2) is 36.4 Å². The van der Waals surface area contributed by atoms with Crippen LogP contribution in [-0.4, -0.2) is 50.3 Å². The number of esters is 1. The van der Waals surface area contributed by atoms with Gasteiger partial charge in [-0.25, -0.2) is 0 Å². The first-order chi connectivity index (χ1) is 14.3. The molecule has 2 aromatic rings. The van der Waals surface area contributed by atoms with Crippen LogP contribution in [0.2, 0.25) is 0 Å². The molecule has 2 aromatic carbocycles. The largest absolute Gasteiger partial charge is 0.492 e. The summed E-state index contributed by atoms with van der Waals surface area (Å²) in [7, 11) is 2.05. The van der Waals surface area contributed by atoms with Crippen molar-refractivity contribution in [3.8, 4) is 23.0 Å². The van der Waals surface area contributed by atoms with Crippen molar-refractivity contribution in [3.05, 3.63) is 47.5 Å². The topological polar surface area (TPSA) is 57.2 Å². The molecule has 0 saturated heterocycles. The SMILES string of the molecule is CC(=O)Oc1cc(C(C)C)c(OCCN(C)CC2COc3ccccc3O2)cc1C. The highest BCUT2D eigenvalue weighted by molar-refractivity contribution is 5.70. The standard InChI is InChI=1S/C24H31NO5/c1-16(2)20-13-23(29-18(4)26)17(3)12-24(20)27-11-10-25(5)14-19-15-28-21-8-6-7-9-22(21)30-19/h6-9,12-13,16,19H,10-11,14-15H2,1-5H3. The lowest BCUT2D eigenvalue weighted by Crippen LogP contribution is -2.40. The molecule has 0 radical (unpaired) electrons. The fourth-order valence-corrected chi connectivity index (χ4v) is 3.42. The molecule has 0 bridgehead atoms. The summed E-state index contributed by atoms with van der Waals surface area (Å²) in [5.74, 6) is 2.94. The number of rotatable bonds is 8. The fraction of sp³-hybridized carbons (Fsp3) is 0.458. The second-order valence-electron chi connectivity index (χ2n) is 8.01. The van der Waals surface area contributed by atoms with Gasteiger partial charge in [0.15, 0.2) is 11.5 Å². The van der Waals surface area contributed by atoms with Crippen LogP contribution in [0.5, 0.6) is 23.0 Å². The molecule has 1 atom stereocenters. The van der Waals surface area contributed by atoms with Gasteiger partial charge < -0.3 is 18.9 Å². The monoisotopic (exact) mass is 413 g/mol. The number of nitrogens with zero attached hydrogens (tertiary/aromatic N) is 1. The van der Waals surface area contributed by atoms with E-state index in [-0.39, 0.29) is 18.0 Å². The van der Waals surface area contributed by atoms with Crippen LogP contribution in [0.25, 0.3) is 0 Å². The van der Waals surface area contributed by atoms with E-state index in [4.69, 9.17) is 18.9 Å². The fourth-order valence-electron chi connectivity index (χ4n) is 3.42. The first-order valence-corrected chi connectivity index (χ1v) is 10.4. The van der Waals surface area contributed by atoms with Gasteiger partial charge in [0.2, 0.25) is 0 Å². The molecule has 6 nitrogen and oxygen atoms in total. The van der Waals surface area contributed by atoms with Gasteiger partial charge >= 0.3 is 5.97 Å². The summed E-state index contributed by atoms with van der Waals surface area (Å²) in [5, 5.41) is 0. The highest BCUT2D eigenvalue weighted by Crippen LogP contribution is 2.34. The molecule has 1 aliphatic heterocycles. The van der Waals surface area contributed by atoms with Crippen molar-refractivity contribution >= 4 is 5.97 Å². The maximum atomic E-state index is 11.3. The molecule has 0 saturated carbocycles. The molecule has 3 rings (SSSR count). The molecule has 1 heterocycles. The maximum Gasteiger partial charge on any atom is 0.308 e. The summed E-state index contributed by atoms with van der Waals surface area (Å²) in [6, 6.07) is 11.6. The molecule has 0 amide bonds. The number of carbonyl (C=O) groups excluding carboxylic acids is 1. The Labute approximate surface area is 178 Å². The Morgan fingerprint density at radius 3 is 2.63 bits per heavy atom. The smallest absolute Gasteiger partial charge is 0.308 e. The molecule has 162 valence electrons. The van der Waals surface area contributed by atoms with Crippen LogP contribution in [0.4, 0.5) is 0 Å². The zero-order chi connectivity index (χ0) is 21.7. The van der Waals surface area contributed by atoms with E-state index in [0.717, 1.165) is 41.5 Å². The lowest BCUT2D eigenvalue weighted by molar-refractivity contribution is -0.131. The van der Waals surface area contributed by atoms with E-state index in [1.165, 1.54) is 6.92 Å². The summed E-state index contributed by atoms with van der Waals surface area (Å²) in [5.41, 5.74) is 1.91. The van der Waals surface area contributed by atoms with E-state index in [1.807, 2.05) is 50.4 Å². The second-order valence-corrected chi connectivity index (χ2v) is 8.01. The van der Waals surface area contributed by atoms with Crippen molar-refractivity contribution in [2.45, 2.75) is 39.7 Å². The van der Waals surface area contributed by atoms with Gasteiger partial charge in [0.1, 0.15) is 30.8 Å². The lowest BCUT2D eigenvalue weighted by Gasteiger charge is -2.29. The van der Waals surface area contributed by atoms with E-state index in [9.17, 15) is 4.79 Å². The number of likely N-dealkylation sites (N-methyl/N-ethyl adjacent to an activating group) is 1. The van der Waals surface area contributed by atoms with Gasteiger partial charge in [-0.15, -0.1) is 0 Å². The average molecular weight is 414 g/mol. The van der Waals surface area contributed by atoms with Crippen LogP contribution < -0.4 is 18.9 Å². The summed E-state index contributed by atoms with van der Waals surface area (Å²) >= 11 is 0. The predicted molar refractivity (Wildman–Crippen MR) is 116 cm³/mol. The van der Waals surface area contributed by atoms with Crippen molar-refractivity contribution in [1.82, 2.24) is 4.90 Å². The Hall–Kier alpha value is -2.73. The molecule has 6 heteroatoms. The Morgan fingerprint density at radius 2 is 1.93 bits per heavy atom. The van der Waals surface area contributed by atoms with Gasteiger partial charge in [0, 0.05) is 25.6 Å². The Bertz CT molecular complexity index is 880. The Morgan fingerprint density at radius 1 is 1.20 bits per heavy atom. The molecular weight excluding hydrogens is 382 g/mol. The number of hydrogen-bond acceptors (Lipinski definition) is 6. The Kier molecular flexibility index (Phi) is 7.21.